The molecule has 0 radical (unpaired) electrons. The number of β-amino-alcohol motifs (C(OH)–C–C–N with tert-alkyl or cyclic N) is 1. The summed E-state index contributed by atoms with van der Waals surface area (Å²) in [6.07, 6.45) is 5.06. The van der Waals surface area contributed by atoms with Crippen molar-refractivity contribution in [2.24, 2.45) is 0 Å². The molecule has 1 amide bonds. The highest BCUT2D eigenvalue weighted by molar-refractivity contribution is 5.73. The van der Waals surface area contributed by atoms with Gasteiger partial charge in [0.1, 0.15) is 5.82 Å². The minimum atomic E-state index is -0.785. The number of anilines is 1. The standard InChI is InChI=1S/C21H31N7O2/c1-16(29)27-13-8-21(30,15-27)14-25-11-6-17(7-12-25)20-23-22-18-4-5-19(24-28(18)20)26-9-2-3-10-26/h4-5,17,30H,2-3,6-15H2,1H3. The van der Waals surface area contributed by atoms with Gasteiger partial charge < -0.3 is 19.8 Å². The maximum absolute atomic E-state index is 11.6. The second-order valence-corrected chi connectivity index (χ2v) is 9.18. The molecule has 162 valence electrons. The van der Waals surface area contributed by atoms with E-state index in [4.69, 9.17) is 5.10 Å². The van der Waals surface area contributed by atoms with Crippen molar-refractivity contribution in [2.75, 3.05) is 50.7 Å². The maximum atomic E-state index is 11.6. The molecule has 3 aliphatic rings. The number of carbonyl (C=O) groups excluding carboxylic acids is 1. The van der Waals surface area contributed by atoms with Gasteiger partial charge in [0.2, 0.25) is 5.91 Å². The van der Waals surface area contributed by atoms with Crippen molar-refractivity contribution >= 4 is 17.4 Å². The largest absolute Gasteiger partial charge is 0.387 e. The zero-order valence-corrected chi connectivity index (χ0v) is 17.7. The van der Waals surface area contributed by atoms with Crippen molar-refractivity contribution in [2.45, 2.75) is 50.5 Å². The molecule has 3 aliphatic heterocycles. The molecule has 2 aromatic heterocycles. The highest BCUT2D eigenvalue weighted by atomic mass is 16.3. The van der Waals surface area contributed by atoms with E-state index in [2.05, 4.69) is 20.0 Å². The van der Waals surface area contributed by atoms with Crippen LogP contribution in [0, 0.1) is 0 Å². The molecule has 0 saturated carbocycles. The van der Waals surface area contributed by atoms with Gasteiger partial charge in [0.25, 0.3) is 0 Å². The van der Waals surface area contributed by atoms with Gasteiger partial charge in [0, 0.05) is 39.0 Å². The summed E-state index contributed by atoms with van der Waals surface area (Å²) in [4.78, 5) is 18.0. The molecule has 30 heavy (non-hydrogen) atoms. The monoisotopic (exact) mass is 413 g/mol. The first-order chi connectivity index (χ1) is 14.5. The first-order valence-electron chi connectivity index (χ1n) is 11.2. The lowest BCUT2D eigenvalue weighted by Gasteiger charge is -2.36. The molecule has 3 fully saturated rings. The van der Waals surface area contributed by atoms with Gasteiger partial charge >= 0.3 is 0 Å². The SMILES string of the molecule is CC(=O)N1CCC(O)(CN2CCC(c3nnc4ccc(N5CCCC5)nn34)CC2)C1. The molecule has 0 aliphatic carbocycles. The third-order valence-electron chi connectivity index (χ3n) is 6.95. The Morgan fingerprint density at radius 3 is 2.60 bits per heavy atom. The van der Waals surface area contributed by atoms with Crippen molar-refractivity contribution in [3.8, 4) is 0 Å². The van der Waals surface area contributed by atoms with E-state index in [9.17, 15) is 9.90 Å². The molecule has 2 aromatic rings. The maximum Gasteiger partial charge on any atom is 0.219 e. The number of piperidine rings is 1. The van der Waals surface area contributed by atoms with Gasteiger partial charge in [0.05, 0.1) is 12.1 Å². The number of hydrogen-bond acceptors (Lipinski definition) is 7. The summed E-state index contributed by atoms with van der Waals surface area (Å²) in [6, 6.07) is 4.07. The highest BCUT2D eigenvalue weighted by Gasteiger charge is 2.39. The summed E-state index contributed by atoms with van der Waals surface area (Å²) in [5, 5.41) is 24.6. The van der Waals surface area contributed by atoms with E-state index in [0.717, 1.165) is 56.3 Å². The molecule has 1 N–H and O–H groups in total. The van der Waals surface area contributed by atoms with Crippen LogP contribution in [-0.2, 0) is 4.79 Å². The first-order valence-corrected chi connectivity index (χ1v) is 11.2. The molecule has 5 rings (SSSR count). The number of aromatic nitrogens is 4. The molecule has 9 heteroatoms. The fraction of sp³-hybridized carbons (Fsp3) is 0.714. The second-order valence-electron chi connectivity index (χ2n) is 9.18. The van der Waals surface area contributed by atoms with Gasteiger partial charge in [-0.1, -0.05) is 0 Å². The van der Waals surface area contributed by atoms with Gasteiger partial charge in [-0.2, -0.15) is 4.52 Å². The minimum absolute atomic E-state index is 0.0455. The number of amides is 1. The smallest absolute Gasteiger partial charge is 0.219 e. The Kier molecular flexibility index (Phi) is 5.10. The summed E-state index contributed by atoms with van der Waals surface area (Å²) in [7, 11) is 0. The number of carbonyl (C=O) groups is 1. The lowest BCUT2D eigenvalue weighted by molar-refractivity contribution is -0.129. The Morgan fingerprint density at radius 2 is 1.90 bits per heavy atom. The van der Waals surface area contributed by atoms with Crippen molar-refractivity contribution in [1.29, 1.82) is 0 Å². The quantitative estimate of drug-likeness (QED) is 0.796. The minimum Gasteiger partial charge on any atom is -0.387 e. The Morgan fingerprint density at radius 1 is 1.13 bits per heavy atom. The predicted molar refractivity (Wildman–Crippen MR) is 112 cm³/mol. The Bertz CT molecular complexity index is 917. The lowest BCUT2D eigenvalue weighted by Crippen LogP contribution is -2.47. The number of hydrogen-bond donors (Lipinski definition) is 1. The summed E-state index contributed by atoms with van der Waals surface area (Å²) in [5.41, 5.74) is 0.0201. The van der Waals surface area contributed by atoms with E-state index in [-0.39, 0.29) is 5.91 Å². The number of fused-ring (bicyclic) bond motifs is 1. The lowest BCUT2D eigenvalue weighted by atomic mass is 9.94. The molecular formula is C21H31N7O2. The Hall–Kier alpha value is -2.26. The molecule has 1 unspecified atom stereocenters. The molecular weight excluding hydrogens is 382 g/mol. The van der Waals surface area contributed by atoms with E-state index in [1.807, 2.05) is 16.6 Å². The van der Waals surface area contributed by atoms with Gasteiger partial charge in [-0.3, -0.25) is 4.79 Å². The van der Waals surface area contributed by atoms with Crippen LogP contribution in [0.4, 0.5) is 5.82 Å². The fourth-order valence-corrected chi connectivity index (χ4v) is 5.19. The second kappa shape index (κ2) is 7.77. The Labute approximate surface area is 176 Å². The first kappa shape index (κ1) is 19.7. The number of aliphatic hydroxyl groups is 1. The molecule has 0 spiro atoms. The molecule has 5 heterocycles. The fourth-order valence-electron chi connectivity index (χ4n) is 5.19. The third-order valence-corrected chi connectivity index (χ3v) is 6.95. The third kappa shape index (κ3) is 3.76. The van der Waals surface area contributed by atoms with Crippen LogP contribution in [0.1, 0.15) is 50.8 Å². The van der Waals surface area contributed by atoms with Crippen molar-refractivity contribution in [1.82, 2.24) is 29.6 Å². The number of rotatable bonds is 4. The van der Waals surface area contributed by atoms with Crippen LogP contribution in [0.15, 0.2) is 12.1 Å². The summed E-state index contributed by atoms with van der Waals surface area (Å²) in [6.45, 7) is 7.25. The van der Waals surface area contributed by atoms with Crippen LogP contribution in [0.25, 0.3) is 5.65 Å². The highest BCUT2D eigenvalue weighted by Crippen LogP contribution is 2.30. The van der Waals surface area contributed by atoms with Crippen LogP contribution in [0.3, 0.4) is 0 Å². The molecule has 0 aromatic carbocycles. The summed E-state index contributed by atoms with van der Waals surface area (Å²) >= 11 is 0. The molecule has 0 bridgehead atoms. The van der Waals surface area contributed by atoms with Gasteiger partial charge in [-0.15, -0.1) is 15.3 Å². The summed E-state index contributed by atoms with van der Waals surface area (Å²) < 4.78 is 1.93. The van der Waals surface area contributed by atoms with Crippen molar-refractivity contribution in [3.63, 3.8) is 0 Å². The number of nitrogens with zero attached hydrogens (tertiary/aromatic N) is 7. The summed E-state index contributed by atoms with van der Waals surface area (Å²) in [5.74, 6) is 2.33. The number of likely N-dealkylation sites (tertiary alicyclic amines) is 2. The van der Waals surface area contributed by atoms with E-state index in [1.165, 1.54) is 12.8 Å². The van der Waals surface area contributed by atoms with Gasteiger partial charge in [-0.25, -0.2) is 0 Å². The van der Waals surface area contributed by atoms with E-state index < -0.39 is 5.60 Å². The van der Waals surface area contributed by atoms with Crippen LogP contribution < -0.4 is 4.90 Å². The molecule has 9 nitrogen and oxygen atoms in total. The normalized spacial score (nSPS) is 26.2. The van der Waals surface area contributed by atoms with E-state index in [0.29, 0.717) is 32.0 Å². The van der Waals surface area contributed by atoms with Gasteiger partial charge in [-0.05, 0) is 57.3 Å². The molecule has 1 atom stereocenters. The van der Waals surface area contributed by atoms with Crippen LogP contribution in [0.2, 0.25) is 0 Å². The van der Waals surface area contributed by atoms with Gasteiger partial charge in [0.15, 0.2) is 11.5 Å². The van der Waals surface area contributed by atoms with Crippen LogP contribution in [-0.4, -0.2) is 92.0 Å². The van der Waals surface area contributed by atoms with E-state index >= 15 is 0 Å². The van der Waals surface area contributed by atoms with Crippen molar-refractivity contribution < 1.29 is 9.90 Å². The average Bonchev–Trinajstić information content (AvgIpc) is 3.48. The zero-order valence-electron chi connectivity index (χ0n) is 17.7. The predicted octanol–water partition coefficient (Wildman–Crippen LogP) is 0.887. The van der Waals surface area contributed by atoms with Crippen LogP contribution >= 0.6 is 0 Å². The van der Waals surface area contributed by atoms with E-state index in [1.54, 1.807) is 11.8 Å². The van der Waals surface area contributed by atoms with Crippen molar-refractivity contribution in [3.05, 3.63) is 18.0 Å². The average molecular weight is 414 g/mol. The molecule has 3 saturated heterocycles. The zero-order chi connectivity index (χ0) is 20.7. The Balaban J connectivity index is 1.24. The van der Waals surface area contributed by atoms with Crippen LogP contribution in [0.5, 0.6) is 0 Å². The topological polar surface area (TPSA) is 90.1 Å².